The zero-order chi connectivity index (χ0) is 36.8. The van der Waals surface area contributed by atoms with E-state index in [1.165, 1.54) is 12.1 Å². The van der Waals surface area contributed by atoms with E-state index in [9.17, 15) is 34.3 Å². The Morgan fingerprint density at radius 3 is 2.20 bits per heavy atom. The van der Waals surface area contributed by atoms with Gasteiger partial charge in [0.2, 0.25) is 0 Å². The molecule has 3 aromatic carbocycles. The first-order valence-electron chi connectivity index (χ1n) is 16.9. The minimum Gasteiger partial charge on any atom is -0.463 e. The summed E-state index contributed by atoms with van der Waals surface area (Å²) in [7, 11) is 0. The van der Waals surface area contributed by atoms with Gasteiger partial charge in [0.1, 0.15) is 12.4 Å². The van der Waals surface area contributed by atoms with E-state index in [1.54, 1.807) is 24.3 Å². The van der Waals surface area contributed by atoms with Gasteiger partial charge in [0.05, 0.1) is 43.1 Å². The molecule has 0 saturated carbocycles. The number of carbonyl (C=O) groups is 2. The number of anilines is 1. The molecule has 0 unspecified atom stereocenters. The number of hydrogen-bond acceptors (Lipinski definition) is 9. The summed E-state index contributed by atoms with van der Waals surface area (Å²) < 4.78 is 26.5. The van der Waals surface area contributed by atoms with Gasteiger partial charge >= 0.3 is 5.97 Å². The molecule has 272 valence electrons. The van der Waals surface area contributed by atoms with Crippen LogP contribution in [0.5, 0.6) is 0 Å². The number of amides is 1. The maximum atomic E-state index is 14.2. The van der Waals surface area contributed by atoms with Crippen molar-refractivity contribution in [3.8, 4) is 22.4 Å². The molecule has 2 atom stereocenters. The number of benzene rings is 3. The number of carbonyl (C=O) groups excluding carboxylic acids is 2. The lowest BCUT2D eigenvalue weighted by Crippen LogP contribution is -2.24. The quantitative estimate of drug-likeness (QED) is 0.0410. The second-order valence-corrected chi connectivity index (χ2v) is 12.3. The predicted octanol–water partition coefficient (Wildman–Crippen LogP) is 6.39. The highest BCUT2D eigenvalue weighted by Gasteiger charge is 2.31. The van der Waals surface area contributed by atoms with E-state index in [1.807, 2.05) is 66.9 Å². The molecule has 1 amide bonds. The number of para-hydroxylation sites is 1. The van der Waals surface area contributed by atoms with Crippen molar-refractivity contribution in [2.24, 2.45) is 0 Å². The van der Waals surface area contributed by atoms with Crippen molar-refractivity contribution >= 4 is 17.6 Å². The van der Waals surface area contributed by atoms with Crippen LogP contribution in [0.4, 0.5) is 10.1 Å². The Labute approximate surface area is 295 Å². The number of aliphatic hydroxyl groups excluding tert-OH is 2. The predicted molar refractivity (Wildman–Crippen MR) is 189 cm³/mol. The lowest BCUT2D eigenvalue weighted by atomic mass is 9.94. The van der Waals surface area contributed by atoms with Gasteiger partial charge in [-0.3, -0.25) is 9.59 Å². The third-order valence-electron chi connectivity index (χ3n) is 8.04. The van der Waals surface area contributed by atoms with Crippen molar-refractivity contribution in [1.29, 1.82) is 0 Å². The first-order valence-corrected chi connectivity index (χ1v) is 16.9. The van der Waals surface area contributed by atoms with Gasteiger partial charge in [0, 0.05) is 30.1 Å². The molecule has 0 fully saturated rings. The fraction of sp³-hybridized carbons (Fsp3) is 0.368. The van der Waals surface area contributed by atoms with Gasteiger partial charge in [-0.25, -0.2) is 4.39 Å². The highest BCUT2D eigenvalue weighted by molar-refractivity contribution is 6.12. The molecule has 0 aliphatic carbocycles. The van der Waals surface area contributed by atoms with E-state index in [-0.39, 0.29) is 64.1 Å². The van der Waals surface area contributed by atoms with Crippen LogP contribution in [0.2, 0.25) is 0 Å². The number of halogens is 1. The van der Waals surface area contributed by atoms with E-state index < -0.39 is 29.1 Å². The average Bonchev–Trinajstić information content (AvgIpc) is 3.45. The van der Waals surface area contributed by atoms with Crippen molar-refractivity contribution < 1.29 is 43.6 Å². The largest absolute Gasteiger partial charge is 0.463 e. The Morgan fingerprint density at radius 1 is 0.882 bits per heavy atom. The first kappa shape index (κ1) is 38.7. The first-order chi connectivity index (χ1) is 24.5. The summed E-state index contributed by atoms with van der Waals surface area (Å²) in [5, 5.41) is 33.9. The summed E-state index contributed by atoms with van der Waals surface area (Å²) in [5.41, 5.74) is 4.65. The number of rotatable bonds is 20. The Morgan fingerprint density at radius 2 is 1.55 bits per heavy atom. The third-order valence-corrected chi connectivity index (χ3v) is 8.04. The number of aromatic nitrogens is 1. The number of hydrogen-bond donors (Lipinski definition) is 3. The van der Waals surface area contributed by atoms with E-state index >= 15 is 0 Å². The third kappa shape index (κ3) is 11.5. The van der Waals surface area contributed by atoms with Crippen LogP contribution in [-0.4, -0.2) is 70.4 Å². The van der Waals surface area contributed by atoms with Gasteiger partial charge in [-0.2, -0.15) is 0 Å². The fourth-order valence-electron chi connectivity index (χ4n) is 5.87. The molecule has 4 rings (SSSR count). The monoisotopic (exact) mass is 705 g/mol. The van der Waals surface area contributed by atoms with Crippen LogP contribution < -0.4 is 5.32 Å². The smallest absolute Gasteiger partial charge is 0.308 e. The van der Waals surface area contributed by atoms with Crippen molar-refractivity contribution in [2.75, 3.05) is 31.7 Å². The molecule has 12 nitrogen and oxygen atoms in total. The number of ether oxygens (including phenoxy) is 2. The van der Waals surface area contributed by atoms with Crippen LogP contribution >= 0.6 is 0 Å². The van der Waals surface area contributed by atoms with Gasteiger partial charge in [-0.05, 0) is 72.7 Å². The molecular formula is C38H44FN3O9. The molecule has 0 aliphatic rings. The minimum atomic E-state index is -1.18. The van der Waals surface area contributed by atoms with Crippen molar-refractivity contribution in [1.82, 2.24) is 4.57 Å². The summed E-state index contributed by atoms with van der Waals surface area (Å²) in [6.45, 7) is 4.31. The van der Waals surface area contributed by atoms with Crippen molar-refractivity contribution in [2.45, 2.75) is 64.2 Å². The zero-order valence-corrected chi connectivity index (χ0v) is 28.7. The molecule has 1 aromatic heterocycles. The molecule has 51 heavy (non-hydrogen) atoms. The maximum Gasteiger partial charge on any atom is 0.308 e. The summed E-state index contributed by atoms with van der Waals surface area (Å²) in [4.78, 5) is 40.8. The van der Waals surface area contributed by atoms with Gasteiger partial charge in [-0.15, -0.1) is 10.1 Å². The topological polar surface area (TPSA) is 162 Å². The molecule has 0 bridgehead atoms. The highest BCUT2D eigenvalue weighted by Crippen LogP contribution is 2.42. The van der Waals surface area contributed by atoms with Crippen LogP contribution in [-0.2, 0) is 25.7 Å². The summed E-state index contributed by atoms with van der Waals surface area (Å²) >= 11 is 0. The Kier molecular flexibility index (Phi) is 14.7. The van der Waals surface area contributed by atoms with Crippen LogP contribution in [0.25, 0.3) is 22.4 Å². The lowest BCUT2D eigenvalue weighted by Gasteiger charge is -2.20. The second-order valence-electron chi connectivity index (χ2n) is 12.3. The summed E-state index contributed by atoms with van der Waals surface area (Å²) in [6, 6.07) is 24.7. The van der Waals surface area contributed by atoms with E-state index in [0.29, 0.717) is 34.5 Å². The van der Waals surface area contributed by atoms with Gasteiger partial charge in [-0.1, -0.05) is 62.4 Å². The molecule has 0 radical (unpaired) electrons. The Bertz CT molecular complexity index is 1710. The number of nitrogens with one attached hydrogen (secondary N) is 1. The number of esters is 1. The molecule has 0 spiro atoms. The number of nitrogens with zero attached hydrogens (tertiary/aromatic N) is 2. The van der Waals surface area contributed by atoms with Gasteiger partial charge in [0.15, 0.2) is 0 Å². The Hall–Kier alpha value is -5.11. The van der Waals surface area contributed by atoms with Crippen molar-refractivity contribution in [3.63, 3.8) is 0 Å². The molecule has 0 saturated heterocycles. The highest BCUT2D eigenvalue weighted by atomic mass is 19.1. The van der Waals surface area contributed by atoms with Crippen LogP contribution in [0.1, 0.15) is 61.5 Å². The van der Waals surface area contributed by atoms with E-state index in [2.05, 4.69) is 10.2 Å². The SMILES string of the molecule is CC(C)c1c(C(=O)Nc2ccccc2)c(-c2ccccc2)c(-c2ccc(F)cc2)n1CC[C@@H](O)C[C@@H](O)CC(=O)OCCOCCCO[N+](=O)[O-]. The molecular weight excluding hydrogens is 661 g/mol. The number of aliphatic hydroxyl groups is 2. The fourth-order valence-corrected chi connectivity index (χ4v) is 5.87. The minimum absolute atomic E-state index is 0.0636. The lowest BCUT2D eigenvalue weighted by molar-refractivity contribution is -0.757. The van der Waals surface area contributed by atoms with Crippen LogP contribution in [0.3, 0.4) is 0 Å². The zero-order valence-electron chi connectivity index (χ0n) is 28.7. The molecule has 4 aromatic rings. The van der Waals surface area contributed by atoms with Crippen molar-refractivity contribution in [3.05, 3.63) is 112 Å². The summed E-state index contributed by atoms with van der Waals surface area (Å²) in [6.07, 6.45) is -2.14. The average molecular weight is 706 g/mol. The molecule has 13 heteroatoms. The van der Waals surface area contributed by atoms with Crippen LogP contribution in [0, 0.1) is 15.9 Å². The standard InChI is InChI=1S/C38H44FN3O9/c1-26(2)36-35(38(46)40-30-12-7-4-8-13-30)34(27-10-5-3-6-11-27)37(28-14-16-29(39)17-15-28)41(36)19-18-31(43)24-32(44)25-33(45)50-23-22-49-20-9-21-51-42(47)48/h3-8,10-17,26,31-32,43-44H,9,18-25H2,1-2H3,(H,40,46)/t31-,32-/m1/s1. The van der Waals surface area contributed by atoms with Crippen LogP contribution in [0.15, 0.2) is 84.9 Å². The van der Waals surface area contributed by atoms with Gasteiger partial charge < -0.3 is 34.4 Å². The van der Waals surface area contributed by atoms with Gasteiger partial charge in [0.25, 0.3) is 11.0 Å². The molecule has 1 heterocycles. The molecule has 3 N–H and O–H groups in total. The van der Waals surface area contributed by atoms with E-state index in [4.69, 9.17) is 9.47 Å². The molecule has 0 aliphatic heterocycles. The normalized spacial score (nSPS) is 12.4. The second kappa shape index (κ2) is 19.3. The van der Waals surface area contributed by atoms with E-state index in [0.717, 1.165) is 11.3 Å². The summed E-state index contributed by atoms with van der Waals surface area (Å²) in [5.74, 6) is -1.52. The Balaban J connectivity index is 1.53. The maximum absolute atomic E-state index is 14.2.